The van der Waals surface area contributed by atoms with Gasteiger partial charge in [0.25, 0.3) is 0 Å². The van der Waals surface area contributed by atoms with Crippen LogP contribution in [0.15, 0.2) is 69.9 Å². The minimum absolute atomic E-state index is 0.0283. The molecule has 0 aliphatic heterocycles. The number of carbonyl (C=O) groups is 1. The fraction of sp³-hybridized carbons (Fsp3) is 0.174. The second-order valence-corrected chi connectivity index (χ2v) is 10.2. The van der Waals surface area contributed by atoms with Gasteiger partial charge in [0.1, 0.15) is 11.4 Å². The van der Waals surface area contributed by atoms with Crippen LogP contribution in [0.5, 0.6) is 5.75 Å². The van der Waals surface area contributed by atoms with Crippen molar-refractivity contribution in [3.05, 3.63) is 64.9 Å². The van der Waals surface area contributed by atoms with Crippen molar-refractivity contribution in [2.24, 2.45) is 4.99 Å². The van der Waals surface area contributed by atoms with Gasteiger partial charge in [0.15, 0.2) is 15.6 Å². The fourth-order valence-corrected chi connectivity index (χ4v) is 4.50. The van der Waals surface area contributed by atoms with E-state index in [9.17, 15) is 26.4 Å². The van der Waals surface area contributed by atoms with Gasteiger partial charge in [0, 0.05) is 24.6 Å². The highest BCUT2D eigenvalue weighted by atomic mass is 32.2. The number of nitrogens with zero attached hydrogens (tertiary/aromatic N) is 1. The molecule has 0 spiro atoms. The van der Waals surface area contributed by atoms with E-state index in [4.69, 9.17) is 10.1 Å². The molecule has 184 valence electrons. The lowest BCUT2D eigenvalue weighted by molar-refractivity contribution is -0.0605. The number of alkyl halides is 3. The lowest BCUT2D eigenvalue weighted by atomic mass is 10.1. The normalized spacial score (nSPS) is 12.3. The van der Waals surface area contributed by atoms with Crippen molar-refractivity contribution in [1.29, 1.82) is 5.41 Å². The van der Waals surface area contributed by atoms with Crippen LogP contribution >= 0.6 is 11.3 Å². The Morgan fingerprint density at radius 1 is 1.11 bits per heavy atom. The number of ether oxygens (including phenoxy) is 1. The first-order valence-corrected chi connectivity index (χ1v) is 12.8. The van der Waals surface area contributed by atoms with E-state index in [2.05, 4.69) is 10.3 Å². The first-order valence-electron chi connectivity index (χ1n) is 9.98. The Balaban J connectivity index is 2.07. The van der Waals surface area contributed by atoms with Crippen LogP contribution in [0.1, 0.15) is 11.3 Å². The van der Waals surface area contributed by atoms with Crippen LogP contribution in [0.4, 0.5) is 23.7 Å². The Hall–Kier alpha value is -3.51. The maximum Gasteiger partial charge on any atom is 0.429 e. The second-order valence-electron chi connectivity index (χ2n) is 7.32. The summed E-state index contributed by atoms with van der Waals surface area (Å²) in [6.45, 7) is 0. The summed E-state index contributed by atoms with van der Waals surface area (Å²) in [5, 5.41) is 11.4. The molecule has 3 aromatic rings. The molecule has 0 saturated carbocycles. The largest absolute Gasteiger partial charge is 0.429 e. The number of halogens is 3. The molecule has 12 heteroatoms. The number of rotatable bonds is 7. The standard InChI is InChI=1S/C23H20F3N3O4S2/c1-28-22(30)33-19-9-4-3-8-17(19)29-18(12-21(27)23(24,25)26)20-11-15(13-34-20)14-6-5-7-16(10-14)35(2,31)32/h3-11,13,27H,12H2,1-2H3,(H,28,30). The molecule has 0 aliphatic carbocycles. The monoisotopic (exact) mass is 523 g/mol. The van der Waals surface area contributed by atoms with Crippen molar-refractivity contribution in [2.45, 2.75) is 17.5 Å². The van der Waals surface area contributed by atoms with Gasteiger partial charge in [-0.25, -0.2) is 18.2 Å². The molecule has 0 saturated heterocycles. The zero-order valence-electron chi connectivity index (χ0n) is 18.5. The van der Waals surface area contributed by atoms with Crippen molar-refractivity contribution in [1.82, 2.24) is 5.32 Å². The summed E-state index contributed by atoms with van der Waals surface area (Å²) in [6, 6.07) is 13.8. The molecular weight excluding hydrogens is 503 g/mol. The maximum absolute atomic E-state index is 13.2. The van der Waals surface area contributed by atoms with E-state index in [1.54, 1.807) is 35.7 Å². The van der Waals surface area contributed by atoms with Crippen molar-refractivity contribution in [2.75, 3.05) is 13.3 Å². The smallest absolute Gasteiger partial charge is 0.408 e. The molecule has 0 radical (unpaired) electrons. The molecule has 1 heterocycles. The summed E-state index contributed by atoms with van der Waals surface area (Å²) in [6.07, 6.45) is -5.36. The van der Waals surface area contributed by atoms with Crippen LogP contribution in [0.25, 0.3) is 11.1 Å². The average molecular weight is 524 g/mol. The second kappa shape index (κ2) is 10.4. The summed E-state index contributed by atoms with van der Waals surface area (Å²) in [4.78, 5) is 16.4. The fourth-order valence-electron chi connectivity index (χ4n) is 2.93. The van der Waals surface area contributed by atoms with Gasteiger partial charge in [-0.2, -0.15) is 13.2 Å². The lowest BCUT2D eigenvalue weighted by Gasteiger charge is -2.11. The number of para-hydroxylation sites is 2. The average Bonchev–Trinajstić information content (AvgIpc) is 3.29. The van der Waals surface area contributed by atoms with Gasteiger partial charge in [0.05, 0.1) is 10.6 Å². The van der Waals surface area contributed by atoms with Crippen LogP contribution < -0.4 is 10.1 Å². The van der Waals surface area contributed by atoms with Gasteiger partial charge >= 0.3 is 12.3 Å². The van der Waals surface area contributed by atoms with E-state index in [0.29, 0.717) is 16.0 Å². The number of aliphatic imine (C=N–C) groups is 1. The summed E-state index contributed by atoms with van der Waals surface area (Å²) in [5.41, 5.74) is -0.304. The number of amides is 1. The SMILES string of the molecule is CNC(=O)Oc1ccccc1N=C(CC(=N)C(F)(F)F)c1cc(-c2cccc(S(C)(=O)=O)c2)cs1. The van der Waals surface area contributed by atoms with Crippen LogP contribution in [0.3, 0.4) is 0 Å². The maximum atomic E-state index is 13.2. The number of hydrogen-bond donors (Lipinski definition) is 2. The van der Waals surface area contributed by atoms with Gasteiger partial charge in [-0.15, -0.1) is 11.3 Å². The summed E-state index contributed by atoms with van der Waals surface area (Å²) in [5.74, 6) is 0.0283. The third-order valence-corrected chi connectivity index (χ3v) is 6.78. The zero-order chi connectivity index (χ0) is 25.8. The number of benzene rings is 2. The highest BCUT2D eigenvalue weighted by molar-refractivity contribution is 7.90. The summed E-state index contributed by atoms with van der Waals surface area (Å²) < 4.78 is 68.5. The van der Waals surface area contributed by atoms with Gasteiger partial charge in [-0.05, 0) is 46.8 Å². The van der Waals surface area contributed by atoms with E-state index in [0.717, 1.165) is 17.6 Å². The summed E-state index contributed by atoms with van der Waals surface area (Å²) in [7, 11) is -2.10. The first-order chi connectivity index (χ1) is 16.4. The summed E-state index contributed by atoms with van der Waals surface area (Å²) >= 11 is 1.10. The highest BCUT2D eigenvalue weighted by Gasteiger charge is 2.35. The predicted molar refractivity (Wildman–Crippen MR) is 129 cm³/mol. The molecule has 0 fully saturated rings. The van der Waals surface area contributed by atoms with E-state index in [-0.39, 0.29) is 22.0 Å². The third kappa shape index (κ3) is 6.76. The highest BCUT2D eigenvalue weighted by Crippen LogP contribution is 2.33. The van der Waals surface area contributed by atoms with Crippen LogP contribution in [-0.4, -0.2) is 45.4 Å². The van der Waals surface area contributed by atoms with Crippen LogP contribution in [-0.2, 0) is 9.84 Å². The number of hydrogen-bond acceptors (Lipinski definition) is 7. The minimum Gasteiger partial charge on any atom is -0.408 e. The molecule has 0 unspecified atom stereocenters. The molecule has 2 N–H and O–H groups in total. The first kappa shape index (κ1) is 26.1. The number of thiophene rings is 1. The van der Waals surface area contributed by atoms with Crippen molar-refractivity contribution in [3.8, 4) is 16.9 Å². The van der Waals surface area contributed by atoms with Gasteiger partial charge < -0.3 is 15.5 Å². The topological polar surface area (TPSA) is 109 Å². The van der Waals surface area contributed by atoms with E-state index in [1.807, 2.05) is 0 Å². The van der Waals surface area contributed by atoms with Crippen molar-refractivity contribution >= 4 is 44.4 Å². The van der Waals surface area contributed by atoms with E-state index >= 15 is 0 Å². The molecular formula is C23H20F3N3O4S2. The van der Waals surface area contributed by atoms with E-state index in [1.165, 1.54) is 31.3 Å². The molecule has 0 aliphatic rings. The Labute approximate surface area is 203 Å². The molecule has 3 rings (SSSR count). The molecule has 0 bridgehead atoms. The van der Waals surface area contributed by atoms with Crippen LogP contribution in [0, 0.1) is 5.41 Å². The predicted octanol–water partition coefficient (Wildman–Crippen LogP) is 5.63. The van der Waals surface area contributed by atoms with Crippen LogP contribution in [0.2, 0.25) is 0 Å². The molecule has 2 aromatic carbocycles. The number of nitrogens with one attached hydrogen (secondary N) is 2. The Morgan fingerprint density at radius 3 is 2.49 bits per heavy atom. The number of carbonyl (C=O) groups excluding carboxylic acids is 1. The molecule has 1 amide bonds. The Bertz CT molecular complexity index is 1400. The third-order valence-electron chi connectivity index (χ3n) is 4.69. The van der Waals surface area contributed by atoms with Gasteiger partial charge in [0.2, 0.25) is 0 Å². The number of sulfone groups is 1. The molecule has 7 nitrogen and oxygen atoms in total. The quantitative estimate of drug-likeness (QED) is 0.391. The van der Waals surface area contributed by atoms with E-state index < -0.39 is 34.2 Å². The minimum atomic E-state index is -4.84. The molecule has 35 heavy (non-hydrogen) atoms. The Morgan fingerprint density at radius 2 is 1.83 bits per heavy atom. The zero-order valence-corrected chi connectivity index (χ0v) is 20.1. The Kier molecular flexibility index (Phi) is 7.76. The van der Waals surface area contributed by atoms with Crippen molar-refractivity contribution < 1.29 is 31.1 Å². The van der Waals surface area contributed by atoms with Gasteiger partial charge in [-0.3, -0.25) is 0 Å². The van der Waals surface area contributed by atoms with Gasteiger partial charge in [-0.1, -0.05) is 24.3 Å². The molecule has 1 aromatic heterocycles. The lowest BCUT2D eigenvalue weighted by Crippen LogP contribution is -2.24. The van der Waals surface area contributed by atoms with Crippen molar-refractivity contribution in [3.63, 3.8) is 0 Å². The molecule has 0 atom stereocenters.